The van der Waals surface area contributed by atoms with Crippen molar-refractivity contribution in [2.75, 3.05) is 20.3 Å². The Kier molecular flexibility index (Phi) is 6.15. The summed E-state index contributed by atoms with van der Waals surface area (Å²) in [5, 5.41) is 10.9. The van der Waals surface area contributed by atoms with Crippen molar-refractivity contribution in [3.05, 3.63) is 56.9 Å². The molecule has 0 aliphatic rings. The second-order valence-corrected chi connectivity index (χ2v) is 6.38. The first-order chi connectivity index (χ1) is 12.3. The first-order valence-corrected chi connectivity index (χ1v) is 8.34. The molecule has 1 aromatic carbocycles. The lowest BCUT2D eigenvalue weighted by Gasteiger charge is -2.17. The SMILES string of the molecule is COCC(C)n1c(C)cc(C(=O)COc2ccc([N+](=O)[O-])c(C)c2)c1C. The third kappa shape index (κ3) is 4.11. The summed E-state index contributed by atoms with van der Waals surface area (Å²) in [6.45, 7) is 7.97. The van der Waals surface area contributed by atoms with E-state index < -0.39 is 4.92 Å². The Morgan fingerprint density at radius 2 is 1.96 bits per heavy atom. The van der Waals surface area contributed by atoms with Crippen LogP contribution in [0.25, 0.3) is 0 Å². The molecule has 7 heteroatoms. The Labute approximate surface area is 152 Å². The lowest BCUT2D eigenvalue weighted by atomic mass is 10.1. The highest BCUT2D eigenvalue weighted by Crippen LogP contribution is 2.24. The summed E-state index contributed by atoms with van der Waals surface area (Å²) in [5.74, 6) is 0.299. The molecule has 26 heavy (non-hydrogen) atoms. The van der Waals surface area contributed by atoms with E-state index in [2.05, 4.69) is 4.57 Å². The monoisotopic (exact) mass is 360 g/mol. The fourth-order valence-corrected chi connectivity index (χ4v) is 3.20. The molecule has 0 aliphatic heterocycles. The number of Topliss-reactive ketones (excluding diaryl/α,β-unsaturated/α-hetero) is 1. The standard InChI is InChI=1S/C19H24N2O5/c1-12-8-16(6-7-18(12)21(23)24)26-11-19(22)17-9-13(2)20(15(17)4)14(3)10-25-5/h6-9,14H,10-11H2,1-5H3. The molecule has 1 atom stereocenters. The van der Waals surface area contributed by atoms with Crippen molar-refractivity contribution in [3.8, 4) is 5.75 Å². The van der Waals surface area contributed by atoms with Crippen LogP contribution < -0.4 is 4.74 Å². The van der Waals surface area contributed by atoms with Crippen LogP contribution in [-0.4, -0.2) is 35.6 Å². The normalized spacial score (nSPS) is 12.0. The lowest BCUT2D eigenvalue weighted by Crippen LogP contribution is -2.16. The van der Waals surface area contributed by atoms with Crippen molar-refractivity contribution in [1.82, 2.24) is 4.57 Å². The van der Waals surface area contributed by atoms with Crippen molar-refractivity contribution in [3.63, 3.8) is 0 Å². The summed E-state index contributed by atoms with van der Waals surface area (Å²) >= 11 is 0. The van der Waals surface area contributed by atoms with Crippen LogP contribution in [0.15, 0.2) is 24.3 Å². The molecule has 0 radical (unpaired) electrons. The van der Waals surface area contributed by atoms with Gasteiger partial charge in [-0.3, -0.25) is 14.9 Å². The predicted molar refractivity (Wildman–Crippen MR) is 98.2 cm³/mol. The van der Waals surface area contributed by atoms with Crippen LogP contribution in [-0.2, 0) is 4.74 Å². The van der Waals surface area contributed by atoms with E-state index in [-0.39, 0.29) is 24.1 Å². The fourth-order valence-electron chi connectivity index (χ4n) is 3.20. The molecule has 0 spiro atoms. The molecule has 0 saturated carbocycles. The molecule has 0 bridgehead atoms. The zero-order valence-corrected chi connectivity index (χ0v) is 15.7. The summed E-state index contributed by atoms with van der Waals surface area (Å²) in [5.41, 5.74) is 3.00. The molecular weight excluding hydrogens is 336 g/mol. The Bertz CT molecular complexity index is 826. The van der Waals surface area contributed by atoms with Gasteiger partial charge in [0.25, 0.3) is 5.69 Å². The first kappa shape index (κ1) is 19.7. The van der Waals surface area contributed by atoms with Crippen molar-refractivity contribution in [2.45, 2.75) is 33.7 Å². The molecule has 140 valence electrons. The Balaban J connectivity index is 2.12. The number of ketones is 1. The number of nitro benzene ring substituents is 1. The van der Waals surface area contributed by atoms with E-state index in [1.54, 1.807) is 20.1 Å². The minimum absolute atomic E-state index is 0.0272. The van der Waals surface area contributed by atoms with Crippen molar-refractivity contribution in [2.24, 2.45) is 0 Å². The smallest absolute Gasteiger partial charge is 0.272 e. The van der Waals surface area contributed by atoms with E-state index >= 15 is 0 Å². The topological polar surface area (TPSA) is 83.6 Å². The molecule has 1 unspecified atom stereocenters. The summed E-state index contributed by atoms with van der Waals surface area (Å²) in [7, 11) is 1.65. The number of rotatable bonds is 8. The third-order valence-electron chi connectivity index (χ3n) is 4.37. The average molecular weight is 360 g/mol. The summed E-state index contributed by atoms with van der Waals surface area (Å²) in [6, 6.07) is 6.43. The molecule has 1 heterocycles. The Morgan fingerprint density at radius 3 is 2.54 bits per heavy atom. The highest BCUT2D eigenvalue weighted by molar-refractivity contribution is 5.98. The van der Waals surface area contributed by atoms with Crippen LogP contribution in [0, 0.1) is 30.9 Å². The summed E-state index contributed by atoms with van der Waals surface area (Å²) in [4.78, 5) is 23.0. The third-order valence-corrected chi connectivity index (χ3v) is 4.37. The van der Waals surface area contributed by atoms with Gasteiger partial charge in [-0.1, -0.05) is 0 Å². The fraction of sp³-hybridized carbons (Fsp3) is 0.421. The maximum absolute atomic E-state index is 12.6. The van der Waals surface area contributed by atoms with Crippen LogP contribution in [0.5, 0.6) is 5.75 Å². The number of nitro groups is 1. The quantitative estimate of drug-likeness (QED) is 0.406. The maximum atomic E-state index is 12.6. The minimum Gasteiger partial charge on any atom is -0.485 e. The van der Waals surface area contributed by atoms with Gasteiger partial charge in [-0.2, -0.15) is 0 Å². The highest BCUT2D eigenvalue weighted by Gasteiger charge is 2.19. The number of hydrogen-bond donors (Lipinski definition) is 0. The number of aryl methyl sites for hydroxylation is 2. The van der Waals surface area contributed by atoms with Gasteiger partial charge in [-0.25, -0.2) is 0 Å². The average Bonchev–Trinajstić information content (AvgIpc) is 2.87. The molecule has 2 aromatic rings. The molecule has 7 nitrogen and oxygen atoms in total. The van der Waals surface area contributed by atoms with Crippen molar-refractivity contribution >= 4 is 11.5 Å². The van der Waals surface area contributed by atoms with E-state index in [9.17, 15) is 14.9 Å². The Morgan fingerprint density at radius 1 is 1.27 bits per heavy atom. The Hall–Kier alpha value is -2.67. The second-order valence-electron chi connectivity index (χ2n) is 6.38. The van der Waals surface area contributed by atoms with Gasteiger partial charge in [0.15, 0.2) is 6.61 Å². The highest BCUT2D eigenvalue weighted by atomic mass is 16.6. The molecule has 0 saturated heterocycles. The number of carbonyl (C=O) groups excluding carboxylic acids is 1. The van der Waals surface area contributed by atoms with Gasteiger partial charge in [-0.15, -0.1) is 0 Å². The molecule has 0 fully saturated rings. The number of hydrogen-bond acceptors (Lipinski definition) is 5. The van der Waals surface area contributed by atoms with E-state index in [0.717, 1.165) is 11.4 Å². The number of carbonyl (C=O) groups is 1. The van der Waals surface area contributed by atoms with Crippen LogP contribution in [0.4, 0.5) is 5.69 Å². The van der Waals surface area contributed by atoms with Crippen molar-refractivity contribution in [1.29, 1.82) is 0 Å². The van der Waals surface area contributed by atoms with Crippen LogP contribution in [0.3, 0.4) is 0 Å². The largest absolute Gasteiger partial charge is 0.485 e. The van der Waals surface area contributed by atoms with Gasteiger partial charge in [-0.05, 0) is 45.9 Å². The molecule has 0 aliphatic carbocycles. The van der Waals surface area contributed by atoms with Crippen LogP contribution in [0.2, 0.25) is 0 Å². The molecule has 0 N–H and O–H groups in total. The molecule has 1 aromatic heterocycles. The van der Waals surface area contributed by atoms with Crippen molar-refractivity contribution < 1.29 is 19.2 Å². The van der Waals surface area contributed by atoms with Gasteiger partial charge in [0.1, 0.15) is 5.75 Å². The molecule has 2 rings (SSSR count). The van der Waals surface area contributed by atoms with Crippen LogP contribution in [0.1, 0.15) is 40.3 Å². The predicted octanol–water partition coefficient (Wildman–Crippen LogP) is 3.79. The zero-order chi connectivity index (χ0) is 19.4. The zero-order valence-electron chi connectivity index (χ0n) is 15.7. The van der Waals surface area contributed by atoms with E-state index in [1.807, 2.05) is 26.8 Å². The van der Waals surface area contributed by atoms with E-state index in [1.165, 1.54) is 12.1 Å². The number of nitrogens with zero attached hydrogens (tertiary/aromatic N) is 2. The lowest BCUT2D eigenvalue weighted by molar-refractivity contribution is -0.385. The number of aromatic nitrogens is 1. The van der Waals surface area contributed by atoms with Gasteiger partial charge in [0.2, 0.25) is 5.78 Å². The van der Waals surface area contributed by atoms with E-state index in [0.29, 0.717) is 23.5 Å². The maximum Gasteiger partial charge on any atom is 0.272 e. The molecular formula is C19H24N2O5. The van der Waals surface area contributed by atoms with Gasteiger partial charge >= 0.3 is 0 Å². The van der Waals surface area contributed by atoms with Crippen LogP contribution >= 0.6 is 0 Å². The summed E-state index contributed by atoms with van der Waals surface area (Å²) < 4.78 is 12.8. The first-order valence-electron chi connectivity index (χ1n) is 8.34. The minimum atomic E-state index is -0.444. The van der Waals surface area contributed by atoms with Gasteiger partial charge < -0.3 is 14.0 Å². The number of ether oxygens (including phenoxy) is 2. The second kappa shape index (κ2) is 8.14. The van der Waals surface area contributed by atoms with E-state index in [4.69, 9.17) is 9.47 Å². The number of benzene rings is 1. The van der Waals surface area contributed by atoms with Gasteiger partial charge in [0, 0.05) is 35.7 Å². The number of methoxy groups -OCH3 is 1. The van der Waals surface area contributed by atoms with Gasteiger partial charge in [0.05, 0.1) is 17.6 Å². The molecule has 0 amide bonds. The summed E-state index contributed by atoms with van der Waals surface area (Å²) in [6.07, 6.45) is 0.